The van der Waals surface area contributed by atoms with E-state index in [0.29, 0.717) is 5.69 Å². The van der Waals surface area contributed by atoms with Crippen LogP contribution >= 0.6 is 0 Å². The van der Waals surface area contributed by atoms with E-state index in [1.165, 1.54) is 24.2 Å². The van der Waals surface area contributed by atoms with Gasteiger partial charge in [0.25, 0.3) is 0 Å². The van der Waals surface area contributed by atoms with Crippen molar-refractivity contribution in [3.8, 4) is 22.6 Å². The number of nitrogens with zero attached hydrogens (tertiary/aromatic N) is 3. The van der Waals surface area contributed by atoms with Gasteiger partial charge in [0.05, 0.1) is 23.1 Å². The van der Waals surface area contributed by atoms with Crippen molar-refractivity contribution in [2.45, 2.75) is 32.6 Å². The second-order valence-corrected chi connectivity index (χ2v) is 6.95. The molecule has 4 N–H and O–H groups in total. The molecule has 6 heteroatoms. The molecular weight excluding hydrogens is 324 g/mol. The van der Waals surface area contributed by atoms with E-state index in [4.69, 9.17) is 10.7 Å². The molecule has 1 aliphatic rings. The van der Waals surface area contributed by atoms with Crippen LogP contribution in [0, 0.1) is 6.92 Å². The zero-order chi connectivity index (χ0) is 17.7. The van der Waals surface area contributed by atoms with E-state index in [2.05, 4.69) is 32.3 Å². The number of rotatable bonds is 2. The first kappa shape index (κ1) is 15.1. The van der Waals surface area contributed by atoms with Crippen molar-refractivity contribution >= 4 is 16.6 Å². The van der Waals surface area contributed by atoms with Gasteiger partial charge < -0.3 is 10.7 Å². The van der Waals surface area contributed by atoms with Crippen molar-refractivity contribution in [3.05, 3.63) is 47.5 Å². The number of pyridine rings is 1. The molecule has 26 heavy (non-hydrogen) atoms. The fourth-order valence-electron chi connectivity index (χ4n) is 3.76. The lowest BCUT2D eigenvalue weighted by atomic mass is 10.00. The average molecular weight is 344 g/mol. The van der Waals surface area contributed by atoms with Gasteiger partial charge in [-0.15, -0.1) is 0 Å². The Labute approximate surface area is 150 Å². The Morgan fingerprint density at radius 3 is 2.88 bits per heavy atom. The van der Waals surface area contributed by atoms with Crippen LogP contribution in [0.25, 0.3) is 33.5 Å². The van der Waals surface area contributed by atoms with Gasteiger partial charge in [-0.3, -0.25) is 10.1 Å². The number of nitrogens with one attached hydrogen (secondary N) is 2. The summed E-state index contributed by atoms with van der Waals surface area (Å²) in [6.07, 6.45) is 8.11. The van der Waals surface area contributed by atoms with Crippen LogP contribution < -0.4 is 5.73 Å². The van der Waals surface area contributed by atoms with E-state index in [9.17, 15) is 0 Å². The van der Waals surface area contributed by atoms with Crippen molar-refractivity contribution in [3.63, 3.8) is 0 Å². The molecule has 1 aliphatic carbocycles. The maximum absolute atomic E-state index is 6.03. The molecule has 130 valence electrons. The summed E-state index contributed by atoms with van der Waals surface area (Å²) in [7, 11) is 0. The molecule has 0 atom stereocenters. The second kappa shape index (κ2) is 5.69. The SMILES string of the molecule is Cc1c(N)cncc1-c1ccc2[nH]nc(-c3nc4c([nH]3)CCCC4)c2c1. The molecular formula is C20H20N6. The van der Waals surface area contributed by atoms with Gasteiger partial charge in [-0.25, -0.2) is 4.98 Å². The fourth-order valence-corrected chi connectivity index (χ4v) is 3.76. The van der Waals surface area contributed by atoms with Crippen LogP contribution in [0.15, 0.2) is 30.6 Å². The standard InChI is InChI=1S/C20H20N6/c1-11-14(9-22-10-15(11)21)12-6-7-16-13(8-12)19(26-25-16)20-23-17-4-2-3-5-18(17)24-20/h6-10H,2-5,21H2,1H3,(H,23,24)(H,25,26). The molecule has 5 rings (SSSR count). The van der Waals surface area contributed by atoms with Crippen molar-refractivity contribution in [1.29, 1.82) is 0 Å². The number of aromatic amines is 2. The molecule has 0 saturated carbocycles. The summed E-state index contributed by atoms with van der Waals surface area (Å²) >= 11 is 0. The minimum atomic E-state index is 0.703. The molecule has 0 bridgehead atoms. The third kappa shape index (κ3) is 2.29. The molecule has 3 heterocycles. The Kier molecular flexibility index (Phi) is 3.31. The first-order valence-electron chi connectivity index (χ1n) is 8.97. The fraction of sp³-hybridized carbons (Fsp3) is 0.250. The van der Waals surface area contributed by atoms with Gasteiger partial charge in [-0.1, -0.05) is 6.07 Å². The Bertz CT molecular complexity index is 1100. The lowest BCUT2D eigenvalue weighted by Gasteiger charge is -2.08. The average Bonchev–Trinajstić information content (AvgIpc) is 3.26. The minimum absolute atomic E-state index is 0.703. The number of fused-ring (bicyclic) bond motifs is 2. The number of anilines is 1. The predicted molar refractivity (Wildman–Crippen MR) is 103 cm³/mol. The number of nitrogen functional groups attached to an aromatic ring is 1. The molecule has 6 nitrogen and oxygen atoms in total. The minimum Gasteiger partial charge on any atom is -0.397 e. The van der Waals surface area contributed by atoms with E-state index >= 15 is 0 Å². The summed E-state index contributed by atoms with van der Waals surface area (Å²) < 4.78 is 0. The third-order valence-electron chi connectivity index (χ3n) is 5.31. The molecule has 0 radical (unpaired) electrons. The zero-order valence-electron chi connectivity index (χ0n) is 14.6. The van der Waals surface area contributed by atoms with Crippen LogP contribution in [-0.2, 0) is 12.8 Å². The Balaban J connectivity index is 1.66. The summed E-state index contributed by atoms with van der Waals surface area (Å²) in [5.74, 6) is 0.850. The number of aromatic nitrogens is 5. The Morgan fingerprint density at radius 2 is 2.00 bits per heavy atom. The molecule has 0 amide bonds. The summed E-state index contributed by atoms with van der Waals surface area (Å²) in [4.78, 5) is 12.5. The zero-order valence-corrected chi connectivity index (χ0v) is 14.6. The van der Waals surface area contributed by atoms with Crippen LogP contribution in [0.1, 0.15) is 29.8 Å². The third-order valence-corrected chi connectivity index (χ3v) is 5.31. The highest BCUT2D eigenvalue weighted by molar-refractivity contribution is 5.94. The second-order valence-electron chi connectivity index (χ2n) is 6.95. The number of nitrogens with two attached hydrogens (primary N) is 1. The first-order valence-corrected chi connectivity index (χ1v) is 8.97. The Hall–Kier alpha value is -3.15. The van der Waals surface area contributed by atoms with E-state index < -0.39 is 0 Å². The normalized spacial score (nSPS) is 13.9. The Morgan fingerprint density at radius 1 is 1.12 bits per heavy atom. The molecule has 0 aliphatic heterocycles. The number of aryl methyl sites for hydroxylation is 2. The van der Waals surface area contributed by atoms with Gasteiger partial charge in [0.15, 0.2) is 5.82 Å². The molecule has 0 fully saturated rings. The van der Waals surface area contributed by atoms with Gasteiger partial charge in [0.2, 0.25) is 0 Å². The number of hydrogen-bond donors (Lipinski definition) is 3. The smallest absolute Gasteiger partial charge is 0.159 e. The predicted octanol–water partition coefficient (Wildman–Crippen LogP) is 3.78. The van der Waals surface area contributed by atoms with Crippen molar-refractivity contribution in [2.24, 2.45) is 0 Å². The van der Waals surface area contributed by atoms with Gasteiger partial charge in [-0.05, 0) is 55.9 Å². The topological polar surface area (TPSA) is 96.3 Å². The maximum Gasteiger partial charge on any atom is 0.159 e. The molecule has 0 spiro atoms. The number of imidazole rings is 1. The highest BCUT2D eigenvalue weighted by atomic mass is 15.1. The van der Waals surface area contributed by atoms with Crippen LogP contribution in [-0.4, -0.2) is 25.1 Å². The molecule has 0 unspecified atom stereocenters. The summed E-state index contributed by atoms with van der Waals surface area (Å²) in [5, 5.41) is 8.70. The highest BCUT2D eigenvalue weighted by Crippen LogP contribution is 2.32. The largest absolute Gasteiger partial charge is 0.397 e. The molecule has 0 saturated heterocycles. The number of hydrogen-bond acceptors (Lipinski definition) is 4. The van der Waals surface area contributed by atoms with Crippen molar-refractivity contribution in [2.75, 3.05) is 5.73 Å². The molecule has 4 aromatic rings. The lowest BCUT2D eigenvalue weighted by molar-refractivity contribution is 0.667. The van der Waals surface area contributed by atoms with E-state index in [-0.39, 0.29) is 0 Å². The van der Waals surface area contributed by atoms with Crippen molar-refractivity contribution in [1.82, 2.24) is 25.1 Å². The van der Waals surface area contributed by atoms with Crippen LogP contribution in [0.5, 0.6) is 0 Å². The van der Waals surface area contributed by atoms with E-state index in [1.807, 2.05) is 19.2 Å². The van der Waals surface area contributed by atoms with Crippen LogP contribution in [0.3, 0.4) is 0 Å². The van der Waals surface area contributed by atoms with Gasteiger partial charge in [0.1, 0.15) is 5.69 Å². The van der Waals surface area contributed by atoms with Crippen molar-refractivity contribution < 1.29 is 0 Å². The van der Waals surface area contributed by atoms with Gasteiger partial charge in [-0.2, -0.15) is 5.10 Å². The van der Waals surface area contributed by atoms with E-state index in [0.717, 1.165) is 52.0 Å². The van der Waals surface area contributed by atoms with Gasteiger partial charge >= 0.3 is 0 Å². The summed E-state index contributed by atoms with van der Waals surface area (Å²) in [6, 6.07) is 6.26. The van der Waals surface area contributed by atoms with E-state index in [1.54, 1.807) is 6.20 Å². The maximum atomic E-state index is 6.03. The first-order chi connectivity index (χ1) is 12.7. The number of benzene rings is 1. The van der Waals surface area contributed by atoms with Crippen LogP contribution in [0.2, 0.25) is 0 Å². The summed E-state index contributed by atoms with van der Waals surface area (Å²) in [6.45, 7) is 2.02. The lowest BCUT2D eigenvalue weighted by Crippen LogP contribution is -2.00. The monoisotopic (exact) mass is 344 g/mol. The summed E-state index contributed by atoms with van der Waals surface area (Å²) in [5.41, 5.74) is 14.2. The molecule has 3 aromatic heterocycles. The quantitative estimate of drug-likeness (QED) is 0.515. The number of H-pyrrole nitrogens is 2. The van der Waals surface area contributed by atoms with Gasteiger partial charge in [0, 0.05) is 22.8 Å². The van der Waals surface area contributed by atoms with Crippen LogP contribution in [0.4, 0.5) is 5.69 Å². The molecule has 1 aromatic carbocycles. The highest BCUT2D eigenvalue weighted by Gasteiger charge is 2.18.